The van der Waals surface area contributed by atoms with Crippen LogP contribution < -0.4 is 10.6 Å². The monoisotopic (exact) mass is 386 g/mol. The molecule has 2 heterocycles. The van der Waals surface area contributed by atoms with Crippen LogP contribution in [0.25, 0.3) is 11.0 Å². The molecule has 1 fully saturated rings. The van der Waals surface area contributed by atoms with E-state index >= 15 is 0 Å². The van der Waals surface area contributed by atoms with E-state index in [0.717, 1.165) is 0 Å². The largest absolute Gasteiger partial charge is 0.369 e. The number of sulfonamides is 1. The lowest BCUT2D eigenvalue weighted by molar-refractivity contribution is 0.385. The second kappa shape index (κ2) is 6.54. The molecule has 0 atom stereocenters. The molecule has 1 aliphatic heterocycles. The van der Waals surface area contributed by atoms with E-state index in [1.165, 1.54) is 27.2 Å². The Labute approximate surface area is 157 Å². The van der Waals surface area contributed by atoms with E-state index in [1.54, 1.807) is 12.1 Å². The van der Waals surface area contributed by atoms with Gasteiger partial charge in [0.15, 0.2) is 0 Å². The van der Waals surface area contributed by atoms with E-state index in [-0.39, 0.29) is 10.6 Å². The summed E-state index contributed by atoms with van der Waals surface area (Å²) in [5.74, 6) is 0. The maximum atomic E-state index is 13.0. The molecule has 1 saturated heterocycles. The normalized spacial score (nSPS) is 16.1. The molecule has 2 N–H and O–H groups in total. The second-order valence-corrected chi connectivity index (χ2v) is 8.83. The Hall–Kier alpha value is -2.58. The molecule has 2 aromatic carbocycles. The number of aromatic nitrogens is 2. The van der Waals surface area contributed by atoms with Gasteiger partial charge < -0.3 is 14.9 Å². The first-order valence-electron chi connectivity index (χ1n) is 8.89. The Morgan fingerprint density at radius 3 is 2.37 bits per heavy atom. The van der Waals surface area contributed by atoms with Crippen LogP contribution in [0.5, 0.6) is 0 Å². The van der Waals surface area contributed by atoms with Crippen molar-refractivity contribution in [1.82, 2.24) is 14.3 Å². The van der Waals surface area contributed by atoms with Crippen LogP contribution in [-0.4, -0.2) is 48.9 Å². The van der Waals surface area contributed by atoms with Crippen molar-refractivity contribution in [3.63, 3.8) is 0 Å². The quantitative estimate of drug-likeness (QED) is 0.720. The Bertz CT molecular complexity index is 1160. The molecule has 7 nitrogen and oxygen atoms in total. The number of nitrogens with zero attached hydrogens (tertiary/aromatic N) is 2. The predicted molar refractivity (Wildman–Crippen MR) is 106 cm³/mol. The number of aromatic amines is 2. The minimum Gasteiger partial charge on any atom is -0.369 e. The van der Waals surface area contributed by atoms with Gasteiger partial charge >= 0.3 is 5.69 Å². The van der Waals surface area contributed by atoms with Gasteiger partial charge in [-0.3, -0.25) is 0 Å². The van der Waals surface area contributed by atoms with E-state index < -0.39 is 10.0 Å². The summed E-state index contributed by atoms with van der Waals surface area (Å²) in [6.07, 6.45) is 0. The van der Waals surface area contributed by atoms with Crippen molar-refractivity contribution in [3.8, 4) is 0 Å². The highest BCUT2D eigenvalue weighted by Crippen LogP contribution is 2.26. The van der Waals surface area contributed by atoms with Gasteiger partial charge in [0, 0.05) is 31.9 Å². The van der Waals surface area contributed by atoms with E-state index in [4.69, 9.17) is 0 Å². The third-order valence-corrected chi connectivity index (χ3v) is 7.18. The van der Waals surface area contributed by atoms with Crippen LogP contribution in [0, 0.1) is 13.8 Å². The number of H-pyrrole nitrogens is 2. The maximum absolute atomic E-state index is 13.0. The van der Waals surface area contributed by atoms with Crippen molar-refractivity contribution in [2.24, 2.45) is 0 Å². The third-order valence-electron chi connectivity index (χ3n) is 5.28. The molecule has 0 spiro atoms. The molecule has 142 valence electrons. The number of anilines is 1. The van der Waals surface area contributed by atoms with Crippen molar-refractivity contribution < 1.29 is 8.42 Å². The smallest absolute Gasteiger partial charge is 0.323 e. The molecule has 1 aliphatic rings. The number of piperazine rings is 1. The molecule has 0 unspecified atom stereocenters. The first kappa shape index (κ1) is 17.8. The summed E-state index contributed by atoms with van der Waals surface area (Å²) in [5.41, 5.74) is 4.38. The summed E-state index contributed by atoms with van der Waals surface area (Å²) in [4.78, 5) is 19.1. The van der Waals surface area contributed by atoms with Gasteiger partial charge in [0.1, 0.15) is 0 Å². The minimum atomic E-state index is -3.60. The van der Waals surface area contributed by atoms with Gasteiger partial charge in [-0.15, -0.1) is 0 Å². The van der Waals surface area contributed by atoms with Crippen molar-refractivity contribution in [3.05, 3.63) is 58.0 Å². The van der Waals surface area contributed by atoms with E-state index in [2.05, 4.69) is 40.8 Å². The molecule has 1 aromatic heterocycles. The maximum Gasteiger partial charge on any atom is 0.323 e. The van der Waals surface area contributed by atoms with Gasteiger partial charge in [-0.2, -0.15) is 4.31 Å². The molecule has 27 heavy (non-hydrogen) atoms. The van der Waals surface area contributed by atoms with Crippen LogP contribution in [0.1, 0.15) is 11.1 Å². The van der Waals surface area contributed by atoms with Crippen molar-refractivity contribution >= 4 is 26.7 Å². The number of aryl methyl sites for hydroxylation is 1. The van der Waals surface area contributed by atoms with E-state index in [1.807, 2.05) is 6.07 Å². The fourth-order valence-corrected chi connectivity index (χ4v) is 5.02. The molecular weight excluding hydrogens is 364 g/mol. The zero-order valence-corrected chi connectivity index (χ0v) is 16.1. The summed E-state index contributed by atoms with van der Waals surface area (Å²) in [6.45, 7) is 6.33. The van der Waals surface area contributed by atoms with E-state index in [9.17, 15) is 13.2 Å². The first-order chi connectivity index (χ1) is 12.9. The van der Waals surface area contributed by atoms with Gasteiger partial charge in [0.2, 0.25) is 10.0 Å². The summed E-state index contributed by atoms with van der Waals surface area (Å²) in [7, 11) is -3.60. The van der Waals surface area contributed by atoms with Gasteiger partial charge in [-0.25, -0.2) is 13.2 Å². The average Bonchev–Trinajstić information content (AvgIpc) is 3.03. The van der Waals surface area contributed by atoms with E-state index in [0.29, 0.717) is 37.2 Å². The standard InChI is InChI=1S/C19H22N4O3S/c1-13-4-3-5-18(14(13)2)22-8-10-23(11-9-22)27(25,26)15-6-7-16-17(12-15)21-19(24)20-16/h3-7,12H,8-11H2,1-2H3,(H2,20,21,24). The second-order valence-electron chi connectivity index (χ2n) is 6.90. The Morgan fingerprint density at radius 2 is 1.63 bits per heavy atom. The zero-order chi connectivity index (χ0) is 19.2. The number of hydrogen-bond donors (Lipinski definition) is 2. The minimum absolute atomic E-state index is 0.199. The van der Waals surface area contributed by atoms with Crippen molar-refractivity contribution in [2.45, 2.75) is 18.7 Å². The lowest BCUT2D eigenvalue weighted by Crippen LogP contribution is -2.48. The molecule has 0 amide bonds. The summed E-state index contributed by atoms with van der Waals surface area (Å²) >= 11 is 0. The van der Waals surface area contributed by atoms with Crippen molar-refractivity contribution in [1.29, 1.82) is 0 Å². The SMILES string of the molecule is Cc1cccc(N2CCN(S(=O)(=O)c3ccc4[nH]c(=O)[nH]c4c3)CC2)c1C. The third kappa shape index (κ3) is 3.15. The fraction of sp³-hybridized carbons (Fsp3) is 0.316. The Balaban J connectivity index is 1.55. The molecule has 0 bridgehead atoms. The van der Waals surface area contributed by atoms with Crippen molar-refractivity contribution in [2.75, 3.05) is 31.1 Å². The first-order valence-corrected chi connectivity index (χ1v) is 10.3. The Kier molecular flexibility index (Phi) is 4.32. The zero-order valence-electron chi connectivity index (χ0n) is 15.3. The van der Waals surface area contributed by atoms with Crippen LogP contribution in [0.2, 0.25) is 0 Å². The van der Waals surface area contributed by atoms with Gasteiger partial charge in [0.05, 0.1) is 15.9 Å². The highest BCUT2D eigenvalue weighted by atomic mass is 32.2. The topological polar surface area (TPSA) is 89.3 Å². The van der Waals surface area contributed by atoms with Crippen LogP contribution >= 0.6 is 0 Å². The number of imidazole rings is 1. The van der Waals surface area contributed by atoms with Gasteiger partial charge in [-0.05, 0) is 49.2 Å². The highest BCUT2D eigenvalue weighted by molar-refractivity contribution is 7.89. The molecular formula is C19H22N4O3S. The number of hydrogen-bond acceptors (Lipinski definition) is 4. The summed E-state index contributed by atoms with van der Waals surface area (Å²) < 4.78 is 27.5. The molecule has 4 rings (SSSR count). The number of nitrogens with one attached hydrogen (secondary N) is 2. The van der Waals surface area contributed by atoms with Crippen LogP contribution in [0.4, 0.5) is 5.69 Å². The fourth-order valence-electron chi connectivity index (χ4n) is 3.57. The molecule has 8 heteroatoms. The summed E-state index contributed by atoms with van der Waals surface area (Å²) in [6, 6.07) is 10.9. The highest BCUT2D eigenvalue weighted by Gasteiger charge is 2.29. The molecule has 0 aliphatic carbocycles. The number of rotatable bonds is 3. The molecule has 0 saturated carbocycles. The summed E-state index contributed by atoms with van der Waals surface area (Å²) in [5, 5.41) is 0. The lowest BCUT2D eigenvalue weighted by atomic mass is 10.1. The van der Waals surface area contributed by atoms with Crippen LogP contribution in [-0.2, 0) is 10.0 Å². The molecule has 3 aromatic rings. The van der Waals surface area contributed by atoms with Crippen LogP contribution in [0.3, 0.4) is 0 Å². The van der Waals surface area contributed by atoms with Gasteiger partial charge in [0.25, 0.3) is 0 Å². The number of benzene rings is 2. The van der Waals surface area contributed by atoms with Crippen LogP contribution in [0.15, 0.2) is 46.1 Å². The predicted octanol–water partition coefficient (Wildman–Crippen LogP) is 1.98. The lowest BCUT2D eigenvalue weighted by Gasteiger charge is -2.36. The Morgan fingerprint density at radius 1 is 0.926 bits per heavy atom. The van der Waals surface area contributed by atoms with Gasteiger partial charge in [-0.1, -0.05) is 12.1 Å². The molecule has 0 radical (unpaired) electrons. The average molecular weight is 386 g/mol. The number of fused-ring (bicyclic) bond motifs is 1.